The molecule has 8 heteroatoms. The van der Waals surface area contributed by atoms with Gasteiger partial charge in [-0.1, -0.05) is 10.3 Å². The van der Waals surface area contributed by atoms with Crippen LogP contribution in [-0.4, -0.2) is 73.6 Å². The van der Waals surface area contributed by atoms with Crippen molar-refractivity contribution in [1.82, 2.24) is 20.1 Å². The molecular weight excluding hydrogens is 480 g/mol. The Morgan fingerprint density at radius 2 is 1.13 bits per heavy atom. The number of aromatic nitrogens is 2. The zero-order valence-electron chi connectivity index (χ0n) is 22.3. The highest BCUT2D eigenvalue weighted by Crippen LogP contribution is 2.35. The van der Waals surface area contributed by atoms with Gasteiger partial charge in [-0.3, -0.25) is 0 Å². The second-order valence-electron chi connectivity index (χ2n) is 10.7. The summed E-state index contributed by atoms with van der Waals surface area (Å²) in [6.07, 6.45) is 8.40. The quantitative estimate of drug-likeness (QED) is 0.280. The molecule has 2 aromatic heterocycles. The Bertz CT molecular complexity index is 1290. The van der Waals surface area contributed by atoms with Crippen LogP contribution in [0.15, 0.2) is 57.6 Å². The summed E-state index contributed by atoms with van der Waals surface area (Å²) in [5.74, 6) is 2.47. The molecule has 2 aromatic carbocycles. The van der Waals surface area contributed by atoms with E-state index in [1.54, 1.807) is 0 Å². The summed E-state index contributed by atoms with van der Waals surface area (Å²) in [7, 11) is 4.34. The van der Waals surface area contributed by atoms with Crippen LogP contribution in [0.1, 0.15) is 48.9 Å². The first-order valence-corrected chi connectivity index (χ1v) is 13.7. The maximum Gasteiger partial charge on any atom is 0.170 e. The number of hydrogen-bond donors (Lipinski definition) is 0. The van der Waals surface area contributed by atoms with E-state index in [2.05, 4.69) is 46.3 Å². The molecule has 6 rings (SSSR count). The third kappa shape index (κ3) is 5.42. The van der Waals surface area contributed by atoms with Gasteiger partial charge in [0.05, 0.1) is 11.4 Å². The van der Waals surface area contributed by atoms with Crippen molar-refractivity contribution >= 4 is 21.9 Å². The van der Waals surface area contributed by atoms with Crippen molar-refractivity contribution in [3.63, 3.8) is 0 Å². The van der Waals surface area contributed by atoms with Crippen LogP contribution in [0.25, 0.3) is 21.9 Å². The summed E-state index contributed by atoms with van der Waals surface area (Å²) in [5, 5.41) is 11.0. The second-order valence-corrected chi connectivity index (χ2v) is 10.7. The van der Waals surface area contributed by atoms with Gasteiger partial charge >= 0.3 is 0 Å². The molecule has 2 aliphatic heterocycles. The molecule has 0 radical (unpaired) electrons. The fourth-order valence-corrected chi connectivity index (χ4v) is 5.63. The number of hydrogen-bond acceptors (Lipinski definition) is 8. The molecule has 0 atom stereocenters. The first-order chi connectivity index (χ1) is 18.6. The Morgan fingerprint density at radius 1 is 0.711 bits per heavy atom. The summed E-state index contributed by atoms with van der Waals surface area (Å²) in [6.45, 7) is 5.31. The number of fused-ring (bicyclic) bond motifs is 2. The molecule has 2 fully saturated rings. The van der Waals surface area contributed by atoms with Crippen molar-refractivity contribution in [2.75, 3.05) is 53.5 Å². The second kappa shape index (κ2) is 11.2. The van der Waals surface area contributed by atoms with E-state index in [4.69, 9.17) is 18.5 Å². The summed E-state index contributed by atoms with van der Waals surface area (Å²) >= 11 is 0. The van der Waals surface area contributed by atoms with E-state index in [0.29, 0.717) is 25.0 Å². The molecule has 0 bridgehead atoms. The molecule has 0 spiro atoms. The number of ether oxygens (including phenoxy) is 2. The van der Waals surface area contributed by atoms with E-state index in [0.717, 1.165) is 96.7 Å². The van der Waals surface area contributed by atoms with Crippen LogP contribution in [0.5, 0.6) is 11.5 Å². The predicted octanol–water partition coefficient (Wildman–Crippen LogP) is 5.60. The van der Waals surface area contributed by atoms with E-state index >= 15 is 0 Å². The van der Waals surface area contributed by atoms with Crippen LogP contribution in [0.2, 0.25) is 0 Å². The lowest BCUT2D eigenvalue weighted by Crippen LogP contribution is -2.29. The van der Waals surface area contributed by atoms with Gasteiger partial charge in [0.15, 0.2) is 11.2 Å². The maximum atomic E-state index is 5.90. The summed E-state index contributed by atoms with van der Waals surface area (Å²) in [5.41, 5.74) is 3.73. The third-order valence-electron chi connectivity index (χ3n) is 8.01. The number of rotatable bonds is 8. The van der Waals surface area contributed by atoms with Gasteiger partial charge in [0.25, 0.3) is 0 Å². The molecule has 38 heavy (non-hydrogen) atoms. The van der Waals surface area contributed by atoms with Gasteiger partial charge in [0, 0.05) is 34.7 Å². The molecule has 0 N–H and O–H groups in total. The first kappa shape index (κ1) is 24.9. The van der Waals surface area contributed by atoms with Crippen molar-refractivity contribution in [2.45, 2.75) is 37.5 Å². The van der Waals surface area contributed by atoms with Crippen LogP contribution < -0.4 is 9.47 Å². The smallest absolute Gasteiger partial charge is 0.170 e. The molecule has 2 saturated heterocycles. The topological polar surface area (TPSA) is 77.0 Å². The largest absolute Gasteiger partial charge is 0.489 e. The summed E-state index contributed by atoms with van der Waals surface area (Å²) < 4.78 is 23.1. The molecule has 0 aliphatic carbocycles. The molecule has 8 nitrogen and oxygen atoms in total. The highest BCUT2D eigenvalue weighted by atomic mass is 16.5. The monoisotopic (exact) mass is 516 g/mol. The minimum Gasteiger partial charge on any atom is -0.489 e. The van der Waals surface area contributed by atoms with Gasteiger partial charge in [-0.15, -0.1) is 0 Å². The Kier molecular flexibility index (Phi) is 7.33. The maximum absolute atomic E-state index is 5.90. The Labute approximate surface area is 223 Å². The lowest BCUT2D eigenvalue weighted by molar-refractivity contribution is 0.250. The standard InChI is InChI=1S/C30H36N4O4/c1-33-13-9-21(10-14-33)29-25-7-5-23(19-27(25)37-31-29)35-17-3-4-18-36-24-6-8-26-28(20-24)38-32-30(26)22-11-15-34(2)16-12-22/h3-8,19-22H,9-18H2,1-2H3/b4-3+. The minimum absolute atomic E-state index is 0.450. The summed E-state index contributed by atoms with van der Waals surface area (Å²) in [6, 6.07) is 12.0. The van der Waals surface area contributed by atoms with Crippen molar-refractivity contribution in [3.05, 3.63) is 59.9 Å². The molecule has 200 valence electrons. The number of likely N-dealkylation sites (tertiary alicyclic amines) is 2. The highest BCUT2D eigenvalue weighted by molar-refractivity contribution is 5.82. The van der Waals surface area contributed by atoms with Crippen LogP contribution in [0.3, 0.4) is 0 Å². The number of nitrogens with zero attached hydrogens (tertiary/aromatic N) is 4. The van der Waals surface area contributed by atoms with Crippen molar-refractivity contribution in [1.29, 1.82) is 0 Å². The van der Waals surface area contributed by atoms with Crippen LogP contribution >= 0.6 is 0 Å². The number of piperidine rings is 2. The first-order valence-electron chi connectivity index (χ1n) is 13.7. The van der Waals surface area contributed by atoms with Gasteiger partial charge in [-0.2, -0.15) is 0 Å². The highest BCUT2D eigenvalue weighted by Gasteiger charge is 2.25. The van der Waals surface area contributed by atoms with Gasteiger partial charge in [-0.05, 0) is 102 Å². The van der Waals surface area contributed by atoms with Crippen LogP contribution in [0, 0.1) is 0 Å². The molecule has 0 amide bonds. The lowest BCUT2D eigenvalue weighted by atomic mass is 9.92. The van der Waals surface area contributed by atoms with E-state index in [1.165, 1.54) is 0 Å². The van der Waals surface area contributed by atoms with Crippen LogP contribution in [-0.2, 0) is 0 Å². The minimum atomic E-state index is 0.450. The van der Waals surface area contributed by atoms with Gasteiger partial charge < -0.3 is 28.3 Å². The van der Waals surface area contributed by atoms with E-state index in [-0.39, 0.29) is 0 Å². The number of benzene rings is 2. The van der Waals surface area contributed by atoms with Crippen molar-refractivity contribution in [2.24, 2.45) is 0 Å². The SMILES string of the molecule is CN1CCC(c2noc3cc(OC/C=C/COc4ccc5c(C6CCN(C)CC6)noc5c4)ccc23)CC1. The molecule has 2 aliphatic rings. The predicted molar refractivity (Wildman–Crippen MR) is 147 cm³/mol. The molecule has 4 aromatic rings. The average molecular weight is 517 g/mol. The Hall–Kier alpha value is -3.36. The summed E-state index contributed by atoms with van der Waals surface area (Å²) in [4.78, 5) is 4.73. The van der Waals surface area contributed by atoms with Gasteiger partial charge in [-0.25, -0.2) is 0 Å². The van der Waals surface area contributed by atoms with E-state index in [1.807, 2.05) is 36.4 Å². The van der Waals surface area contributed by atoms with Gasteiger partial charge in [0.2, 0.25) is 0 Å². The molecule has 0 unspecified atom stereocenters. The third-order valence-corrected chi connectivity index (χ3v) is 8.01. The average Bonchev–Trinajstić information content (AvgIpc) is 3.55. The Balaban J connectivity index is 0.987. The zero-order chi connectivity index (χ0) is 25.9. The molecule has 0 saturated carbocycles. The van der Waals surface area contributed by atoms with E-state index in [9.17, 15) is 0 Å². The molecular formula is C30H36N4O4. The van der Waals surface area contributed by atoms with E-state index < -0.39 is 0 Å². The van der Waals surface area contributed by atoms with Gasteiger partial charge in [0.1, 0.15) is 24.7 Å². The fraction of sp³-hybridized carbons (Fsp3) is 0.467. The van der Waals surface area contributed by atoms with Crippen molar-refractivity contribution < 1.29 is 18.5 Å². The Morgan fingerprint density at radius 3 is 1.55 bits per heavy atom. The zero-order valence-corrected chi connectivity index (χ0v) is 22.3. The fourth-order valence-electron chi connectivity index (χ4n) is 5.63. The lowest BCUT2D eigenvalue weighted by Gasteiger charge is -2.27. The molecule has 4 heterocycles. The van der Waals surface area contributed by atoms with Crippen molar-refractivity contribution in [3.8, 4) is 11.5 Å². The normalized spacial score (nSPS) is 18.7. The van der Waals surface area contributed by atoms with Crippen LogP contribution in [0.4, 0.5) is 0 Å².